The Labute approximate surface area is 179 Å². The highest BCUT2D eigenvalue weighted by Crippen LogP contribution is 2.39. The van der Waals surface area contributed by atoms with Crippen molar-refractivity contribution in [2.75, 3.05) is 6.54 Å². The van der Waals surface area contributed by atoms with Gasteiger partial charge in [0.1, 0.15) is 12.6 Å². The second-order valence-electron chi connectivity index (χ2n) is 9.46. The lowest BCUT2D eigenvalue weighted by Crippen LogP contribution is -2.68. The van der Waals surface area contributed by atoms with Crippen molar-refractivity contribution < 1.29 is 19.2 Å². The smallest absolute Gasteiger partial charge is 0.291 e. The molecule has 1 saturated carbocycles. The molecule has 2 atom stereocenters. The molecule has 2 bridgehead atoms. The fraction of sp³-hybridized carbons (Fsp3) is 0.739. The van der Waals surface area contributed by atoms with Gasteiger partial charge in [0, 0.05) is 17.7 Å². The fourth-order valence-corrected chi connectivity index (χ4v) is 5.12. The molecule has 7 heteroatoms. The number of amides is 3. The predicted molar refractivity (Wildman–Crippen MR) is 113 cm³/mol. The lowest BCUT2D eigenvalue weighted by atomic mass is 9.82. The molecule has 0 aromatic carbocycles. The number of Topliss-reactive ketones (excluding diaryl/α,β-unsaturated/α-hetero) is 1. The van der Waals surface area contributed by atoms with Gasteiger partial charge in [-0.25, -0.2) is 0 Å². The Hall–Kier alpha value is -2.18. The molecule has 0 aromatic heterocycles. The first-order chi connectivity index (χ1) is 13.8. The summed E-state index contributed by atoms with van der Waals surface area (Å²) in [5.41, 5.74) is -0.0360. The van der Waals surface area contributed by atoms with E-state index < -0.39 is 23.1 Å². The molecule has 3 aliphatic heterocycles. The van der Waals surface area contributed by atoms with Crippen LogP contribution in [0.1, 0.15) is 79.6 Å². The van der Waals surface area contributed by atoms with Gasteiger partial charge in [0.05, 0.1) is 11.7 Å². The molecule has 3 amide bonds. The minimum atomic E-state index is -0.752. The second-order valence-corrected chi connectivity index (χ2v) is 9.46. The number of piperazine rings is 1. The molecular formula is C23H35N3O4. The molecule has 1 aliphatic carbocycles. The van der Waals surface area contributed by atoms with Crippen LogP contribution < -0.4 is 0 Å². The van der Waals surface area contributed by atoms with Crippen molar-refractivity contribution in [3.8, 4) is 0 Å². The second kappa shape index (κ2) is 8.16. The van der Waals surface area contributed by atoms with Crippen LogP contribution in [0, 0.1) is 5.41 Å². The van der Waals surface area contributed by atoms with Gasteiger partial charge in [0.25, 0.3) is 5.91 Å². The van der Waals surface area contributed by atoms with Gasteiger partial charge in [0.2, 0.25) is 17.6 Å². The van der Waals surface area contributed by atoms with Crippen molar-refractivity contribution in [1.29, 1.82) is 0 Å². The van der Waals surface area contributed by atoms with Gasteiger partial charge in [-0.15, -0.1) is 0 Å². The lowest BCUT2D eigenvalue weighted by Gasteiger charge is -2.52. The van der Waals surface area contributed by atoms with Crippen molar-refractivity contribution in [2.24, 2.45) is 5.41 Å². The zero-order valence-corrected chi connectivity index (χ0v) is 17.6. The van der Waals surface area contributed by atoms with Crippen molar-refractivity contribution >= 4 is 23.5 Å². The van der Waals surface area contributed by atoms with E-state index in [0.717, 1.165) is 32.1 Å². The van der Waals surface area contributed by atoms with Crippen molar-refractivity contribution in [1.82, 2.24) is 14.7 Å². The largest absolute Gasteiger partial charge is 0.315 e. The van der Waals surface area contributed by atoms with Crippen molar-refractivity contribution in [2.45, 2.75) is 97.7 Å². The average molecular weight is 418 g/mol. The summed E-state index contributed by atoms with van der Waals surface area (Å²) in [5.74, 6) is -1.25. The first-order valence-corrected chi connectivity index (χ1v) is 11.0. The van der Waals surface area contributed by atoms with Gasteiger partial charge in [-0.2, -0.15) is 0 Å². The van der Waals surface area contributed by atoms with E-state index in [0.29, 0.717) is 25.0 Å². The summed E-state index contributed by atoms with van der Waals surface area (Å²) in [5, 5.41) is 0. The summed E-state index contributed by atoms with van der Waals surface area (Å²) in [6, 6.07) is -0.772. The van der Waals surface area contributed by atoms with Gasteiger partial charge >= 0.3 is 0 Å². The molecule has 30 heavy (non-hydrogen) atoms. The zero-order valence-electron chi connectivity index (χ0n) is 17.6. The van der Waals surface area contributed by atoms with Crippen molar-refractivity contribution in [3.63, 3.8) is 0 Å². The third kappa shape index (κ3) is 3.46. The number of carbonyl (C=O) groups is 4. The highest BCUT2D eigenvalue weighted by molar-refractivity contribution is 6.38. The molecule has 166 valence electrons. The first-order valence-electron chi connectivity index (χ1n) is 11.0. The zero-order chi connectivity index (χ0) is 20.9. The number of rotatable bonds is 4. The SMILES string of the molecule is C.CCC(C)(C)C(=O)C(=O)N1C2CCCC1C1=CN(C3CCCC3)C(=O)CN1C2=O. The molecule has 0 aromatic rings. The number of piperidine rings is 1. The maximum atomic E-state index is 13.2. The maximum Gasteiger partial charge on any atom is 0.291 e. The molecule has 2 saturated heterocycles. The number of hydrogen-bond acceptors (Lipinski definition) is 4. The van der Waals surface area contributed by atoms with E-state index in [1.165, 1.54) is 4.90 Å². The Bertz CT molecular complexity index is 781. The minimum Gasteiger partial charge on any atom is -0.315 e. The monoisotopic (exact) mass is 417 g/mol. The van der Waals surface area contributed by atoms with E-state index in [4.69, 9.17) is 0 Å². The van der Waals surface area contributed by atoms with Crippen LogP contribution in [0.4, 0.5) is 0 Å². The molecule has 0 radical (unpaired) electrons. The van der Waals surface area contributed by atoms with E-state index >= 15 is 0 Å². The molecule has 0 spiro atoms. The van der Waals surface area contributed by atoms with Gasteiger partial charge in [0.15, 0.2) is 0 Å². The Kier molecular flexibility index (Phi) is 6.12. The van der Waals surface area contributed by atoms with Crippen molar-refractivity contribution in [3.05, 3.63) is 11.9 Å². The molecule has 7 nitrogen and oxygen atoms in total. The summed E-state index contributed by atoms with van der Waals surface area (Å²) in [6.45, 7) is 5.50. The molecule has 3 fully saturated rings. The Morgan fingerprint density at radius 2 is 1.67 bits per heavy atom. The van der Waals surface area contributed by atoms with Gasteiger partial charge in [-0.3, -0.25) is 19.2 Å². The number of carbonyl (C=O) groups excluding carboxylic acids is 4. The third-order valence-corrected chi connectivity index (χ3v) is 7.33. The van der Waals surface area contributed by atoms with E-state index in [-0.39, 0.29) is 37.9 Å². The van der Waals surface area contributed by atoms with Crippen LogP contribution in [0.25, 0.3) is 0 Å². The quantitative estimate of drug-likeness (QED) is 0.659. The molecule has 4 aliphatic rings. The summed E-state index contributed by atoms with van der Waals surface area (Å²) >= 11 is 0. The van der Waals surface area contributed by atoms with Crippen LogP contribution in [-0.2, 0) is 19.2 Å². The number of fused-ring (bicyclic) bond motifs is 4. The molecule has 0 N–H and O–H groups in total. The topological polar surface area (TPSA) is 78.0 Å². The van der Waals surface area contributed by atoms with E-state index in [9.17, 15) is 19.2 Å². The van der Waals surface area contributed by atoms with E-state index in [2.05, 4.69) is 0 Å². The molecule has 2 unspecified atom stereocenters. The summed E-state index contributed by atoms with van der Waals surface area (Å²) in [4.78, 5) is 57.0. The van der Waals surface area contributed by atoms with E-state index in [1.54, 1.807) is 23.6 Å². The Balaban J connectivity index is 0.00000256. The predicted octanol–water partition coefficient (Wildman–Crippen LogP) is 2.85. The van der Waals surface area contributed by atoms with Crippen LogP contribution >= 0.6 is 0 Å². The van der Waals surface area contributed by atoms with Crippen LogP contribution in [0.5, 0.6) is 0 Å². The van der Waals surface area contributed by atoms with Gasteiger partial charge < -0.3 is 14.7 Å². The van der Waals surface area contributed by atoms with Crippen LogP contribution in [0.2, 0.25) is 0 Å². The minimum absolute atomic E-state index is 0. The average Bonchev–Trinajstić information content (AvgIpc) is 3.25. The summed E-state index contributed by atoms with van der Waals surface area (Å²) < 4.78 is 0. The van der Waals surface area contributed by atoms with Crippen LogP contribution in [0.15, 0.2) is 11.9 Å². The van der Waals surface area contributed by atoms with Gasteiger partial charge in [-0.1, -0.05) is 41.0 Å². The Morgan fingerprint density at radius 1 is 1.03 bits per heavy atom. The van der Waals surface area contributed by atoms with Crippen LogP contribution in [-0.4, -0.2) is 62.9 Å². The highest BCUT2D eigenvalue weighted by Gasteiger charge is 2.52. The molecule has 4 rings (SSSR count). The first kappa shape index (κ1) is 22.5. The number of nitrogens with zero attached hydrogens (tertiary/aromatic N) is 3. The lowest BCUT2D eigenvalue weighted by molar-refractivity contribution is -0.163. The fourth-order valence-electron chi connectivity index (χ4n) is 5.12. The highest BCUT2D eigenvalue weighted by atomic mass is 16.2. The maximum absolute atomic E-state index is 13.2. The summed E-state index contributed by atoms with van der Waals surface area (Å²) in [6.07, 6.45) is 8.63. The standard InChI is InChI=1S/C22H31N3O4.CH4/c1-4-22(2,3)19(27)21(29)25-15-10-7-11-16(25)20(28)24-13-18(26)23(12-17(15)24)14-8-5-6-9-14;/h12,14-16H,4-11,13H2,1-3H3;1H4. The summed E-state index contributed by atoms with van der Waals surface area (Å²) in [7, 11) is 0. The third-order valence-electron chi connectivity index (χ3n) is 7.33. The van der Waals surface area contributed by atoms with E-state index in [1.807, 2.05) is 13.1 Å². The molecule has 3 heterocycles. The normalized spacial score (nSPS) is 26.9. The van der Waals surface area contributed by atoms with Crippen LogP contribution in [0.3, 0.4) is 0 Å². The number of ketones is 1. The van der Waals surface area contributed by atoms with Gasteiger partial charge in [-0.05, 0) is 38.5 Å². The molecular weight excluding hydrogens is 382 g/mol. The number of hydrogen-bond donors (Lipinski definition) is 0. The Morgan fingerprint density at radius 3 is 2.30 bits per heavy atom.